The molecule has 1 fully saturated rings. The molecule has 5 heteroatoms. The second-order valence-corrected chi connectivity index (χ2v) is 5.70. The number of fused-ring (bicyclic) bond motifs is 1. The fourth-order valence-electron chi connectivity index (χ4n) is 2.93. The Morgan fingerprint density at radius 3 is 2.86 bits per heavy atom. The van der Waals surface area contributed by atoms with Crippen LogP contribution in [0.25, 0.3) is 10.9 Å². The predicted molar refractivity (Wildman–Crippen MR) is 84.9 cm³/mol. The number of benzene rings is 1. The first-order chi connectivity index (χ1) is 10.2. The Labute approximate surface area is 124 Å². The van der Waals surface area contributed by atoms with E-state index in [0.29, 0.717) is 5.56 Å². The van der Waals surface area contributed by atoms with Crippen LogP contribution >= 0.6 is 0 Å². The molecule has 1 saturated carbocycles. The lowest BCUT2D eigenvalue weighted by atomic mass is 9.85. The molecule has 3 N–H and O–H groups in total. The molecule has 110 valence electrons. The SMILES string of the molecule is CN(CC1CCC1)c1c(C(N)=NO)cnc2ccccc12. The van der Waals surface area contributed by atoms with Crippen LogP contribution in [0.3, 0.4) is 0 Å². The number of para-hydroxylation sites is 1. The molecule has 0 unspecified atom stereocenters. The molecule has 1 aliphatic rings. The molecule has 1 aromatic carbocycles. The van der Waals surface area contributed by atoms with E-state index in [1.165, 1.54) is 19.3 Å². The minimum absolute atomic E-state index is 0.101. The van der Waals surface area contributed by atoms with Gasteiger partial charge in [0.15, 0.2) is 5.84 Å². The quantitative estimate of drug-likeness (QED) is 0.391. The Kier molecular flexibility index (Phi) is 3.64. The third kappa shape index (κ3) is 2.51. The van der Waals surface area contributed by atoms with Gasteiger partial charge in [0.05, 0.1) is 16.8 Å². The maximum atomic E-state index is 9.02. The van der Waals surface area contributed by atoms with Crippen LogP contribution in [0.4, 0.5) is 5.69 Å². The van der Waals surface area contributed by atoms with Gasteiger partial charge in [-0.3, -0.25) is 4.98 Å². The average molecular weight is 284 g/mol. The van der Waals surface area contributed by atoms with Crippen molar-refractivity contribution in [1.29, 1.82) is 0 Å². The summed E-state index contributed by atoms with van der Waals surface area (Å²) in [4.78, 5) is 6.62. The van der Waals surface area contributed by atoms with Gasteiger partial charge in [-0.05, 0) is 24.8 Å². The van der Waals surface area contributed by atoms with E-state index in [0.717, 1.165) is 29.1 Å². The third-order valence-corrected chi connectivity index (χ3v) is 4.27. The van der Waals surface area contributed by atoms with Gasteiger partial charge in [0.25, 0.3) is 0 Å². The van der Waals surface area contributed by atoms with Gasteiger partial charge in [-0.1, -0.05) is 29.8 Å². The fraction of sp³-hybridized carbons (Fsp3) is 0.375. The summed E-state index contributed by atoms with van der Waals surface area (Å²) in [6.07, 6.45) is 5.57. The normalized spacial score (nSPS) is 16.0. The molecule has 0 radical (unpaired) electrons. The highest BCUT2D eigenvalue weighted by Crippen LogP contribution is 2.33. The van der Waals surface area contributed by atoms with Crippen molar-refractivity contribution in [3.05, 3.63) is 36.0 Å². The first kappa shape index (κ1) is 13.7. The molecule has 0 bridgehead atoms. The third-order valence-electron chi connectivity index (χ3n) is 4.27. The highest BCUT2D eigenvalue weighted by atomic mass is 16.4. The number of pyridine rings is 1. The van der Waals surface area contributed by atoms with E-state index in [4.69, 9.17) is 10.9 Å². The minimum atomic E-state index is 0.101. The molecule has 1 aliphatic carbocycles. The lowest BCUT2D eigenvalue weighted by Gasteiger charge is -2.32. The van der Waals surface area contributed by atoms with Crippen LogP contribution in [0.1, 0.15) is 24.8 Å². The molecular weight excluding hydrogens is 264 g/mol. The minimum Gasteiger partial charge on any atom is -0.409 e. The van der Waals surface area contributed by atoms with Crippen LogP contribution in [0.5, 0.6) is 0 Å². The summed E-state index contributed by atoms with van der Waals surface area (Å²) in [5.41, 5.74) is 8.42. The lowest BCUT2D eigenvalue weighted by molar-refractivity contribution is 0.318. The van der Waals surface area contributed by atoms with Gasteiger partial charge in [-0.25, -0.2) is 0 Å². The smallest absolute Gasteiger partial charge is 0.173 e. The van der Waals surface area contributed by atoms with Crippen molar-refractivity contribution in [2.24, 2.45) is 16.8 Å². The standard InChI is InChI=1S/C16H20N4O/c1-20(10-11-5-4-6-11)15-12-7-2-3-8-14(12)18-9-13(15)16(17)19-21/h2-3,7-9,11,21H,4-6,10H2,1H3,(H2,17,19). The molecule has 1 aromatic heterocycles. The zero-order chi connectivity index (χ0) is 14.8. The Balaban J connectivity index is 2.10. The van der Waals surface area contributed by atoms with E-state index in [9.17, 15) is 0 Å². The van der Waals surface area contributed by atoms with Gasteiger partial charge in [0.1, 0.15) is 0 Å². The number of hydrogen-bond donors (Lipinski definition) is 2. The first-order valence-corrected chi connectivity index (χ1v) is 7.27. The summed E-state index contributed by atoms with van der Waals surface area (Å²) in [6, 6.07) is 7.96. The van der Waals surface area contributed by atoms with Gasteiger partial charge in [0, 0.05) is 25.2 Å². The van der Waals surface area contributed by atoms with E-state index in [-0.39, 0.29) is 5.84 Å². The Bertz CT molecular complexity index is 679. The number of anilines is 1. The molecular formula is C16H20N4O. The van der Waals surface area contributed by atoms with Gasteiger partial charge in [-0.2, -0.15) is 0 Å². The zero-order valence-electron chi connectivity index (χ0n) is 12.2. The van der Waals surface area contributed by atoms with Crippen molar-refractivity contribution in [2.45, 2.75) is 19.3 Å². The molecule has 3 rings (SSSR count). The van der Waals surface area contributed by atoms with E-state index in [1.54, 1.807) is 6.20 Å². The molecule has 1 heterocycles. The van der Waals surface area contributed by atoms with Crippen molar-refractivity contribution in [3.8, 4) is 0 Å². The van der Waals surface area contributed by atoms with E-state index in [1.807, 2.05) is 24.3 Å². The summed E-state index contributed by atoms with van der Waals surface area (Å²) in [7, 11) is 2.06. The van der Waals surface area contributed by atoms with Crippen molar-refractivity contribution < 1.29 is 5.21 Å². The van der Waals surface area contributed by atoms with Crippen molar-refractivity contribution >= 4 is 22.4 Å². The van der Waals surface area contributed by atoms with Crippen LogP contribution in [0.15, 0.2) is 35.6 Å². The van der Waals surface area contributed by atoms with Gasteiger partial charge >= 0.3 is 0 Å². The zero-order valence-corrected chi connectivity index (χ0v) is 12.2. The van der Waals surface area contributed by atoms with Crippen molar-refractivity contribution in [3.63, 3.8) is 0 Å². The van der Waals surface area contributed by atoms with Crippen molar-refractivity contribution in [2.75, 3.05) is 18.5 Å². The van der Waals surface area contributed by atoms with Crippen LogP contribution in [0.2, 0.25) is 0 Å². The number of amidine groups is 1. The maximum absolute atomic E-state index is 9.02. The first-order valence-electron chi connectivity index (χ1n) is 7.27. The van der Waals surface area contributed by atoms with E-state index >= 15 is 0 Å². The largest absolute Gasteiger partial charge is 0.409 e. The number of oxime groups is 1. The topological polar surface area (TPSA) is 74.7 Å². The number of hydrogen-bond acceptors (Lipinski definition) is 4. The van der Waals surface area contributed by atoms with Crippen LogP contribution in [0, 0.1) is 5.92 Å². The average Bonchev–Trinajstić information content (AvgIpc) is 2.48. The van der Waals surface area contributed by atoms with Crippen LogP contribution < -0.4 is 10.6 Å². The Morgan fingerprint density at radius 1 is 1.43 bits per heavy atom. The van der Waals surface area contributed by atoms with Crippen molar-refractivity contribution in [1.82, 2.24) is 4.98 Å². The van der Waals surface area contributed by atoms with Gasteiger partial charge in [-0.15, -0.1) is 0 Å². The number of rotatable bonds is 4. The van der Waals surface area contributed by atoms with Crippen LogP contribution in [-0.2, 0) is 0 Å². The summed E-state index contributed by atoms with van der Waals surface area (Å²) >= 11 is 0. The number of aromatic nitrogens is 1. The molecule has 0 aliphatic heterocycles. The second-order valence-electron chi connectivity index (χ2n) is 5.70. The Hall–Kier alpha value is -2.30. The molecule has 0 spiro atoms. The maximum Gasteiger partial charge on any atom is 0.173 e. The lowest BCUT2D eigenvalue weighted by Crippen LogP contribution is -2.31. The summed E-state index contributed by atoms with van der Waals surface area (Å²) in [5.74, 6) is 0.839. The number of nitrogens with two attached hydrogens (primary N) is 1. The van der Waals surface area contributed by atoms with Gasteiger partial charge in [0.2, 0.25) is 0 Å². The number of nitrogens with zero attached hydrogens (tertiary/aromatic N) is 3. The molecule has 2 aromatic rings. The molecule has 5 nitrogen and oxygen atoms in total. The van der Waals surface area contributed by atoms with E-state index in [2.05, 4.69) is 22.1 Å². The monoisotopic (exact) mass is 284 g/mol. The van der Waals surface area contributed by atoms with Crippen LogP contribution in [-0.4, -0.2) is 29.6 Å². The van der Waals surface area contributed by atoms with Gasteiger partial charge < -0.3 is 15.8 Å². The fourth-order valence-corrected chi connectivity index (χ4v) is 2.93. The molecule has 0 saturated heterocycles. The predicted octanol–water partition coefficient (Wildman–Crippen LogP) is 2.57. The molecule has 21 heavy (non-hydrogen) atoms. The summed E-state index contributed by atoms with van der Waals surface area (Å²) < 4.78 is 0. The van der Waals surface area contributed by atoms with E-state index < -0.39 is 0 Å². The summed E-state index contributed by atoms with van der Waals surface area (Å²) in [5, 5.41) is 13.2. The summed E-state index contributed by atoms with van der Waals surface area (Å²) in [6.45, 7) is 0.986. The molecule has 0 atom stereocenters. The highest BCUT2D eigenvalue weighted by molar-refractivity contribution is 6.08. The highest BCUT2D eigenvalue weighted by Gasteiger charge is 2.22. The molecule has 0 amide bonds. The Morgan fingerprint density at radius 2 is 2.19 bits per heavy atom. The second kappa shape index (κ2) is 5.60.